The molecule has 2 N–H and O–H groups in total. The molecule has 0 spiro atoms. The predicted octanol–water partition coefficient (Wildman–Crippen LogP) is 4.20. The highest BCUT2D eigenvalue weighted by Gasteiger charge is 2.52. The fourth-order valence-electron chi connectivity index (χ4n) is 5.13. The molecule has 1 heterocycles. The average Bonchev–Trinajstić information content (AvgIpc) is 3.70. The molecule has 0 aliphatic carbocycles. The van der Waals surface area contributed by atoms with E-state index in [-0.39, 0.29) is 29.9 Å². The van der Waals surface area contributed by atoms with Gasteiger partial charge in [-0.05, 0) is 65.1 Å². The van der Waals surface area contributed by atoms with Gasteiger partial charge in [-0.3, -0.25) is 10.1 Å². The van der Waals surface area contributed by atoms with Gasteiger partial charge in [0.15, 0.2) is 0 Å². The molecule has 3 unspecified atom stereocenters. The van der Waals surface area contributed by atoms with Gasteiger partial charge in [0.05, 0.1) is 12.7 Å². The summed E-state index contributed by atoms with van der Waals surface area (Å²) in [4.78, 5) is 14.9. The first-order valence-electron chi connectivity index (χ1n) is 13.3. The van der Waals surface area contributed by atoms with E-state index >= 15 is 0 Å². The van der Waals surface area contributed by atoms with Crippen LogP contribution in [0.1, 0.15) is 45.6 Å². The normalized spacial score (nSPS) is 18.5. The fraction of sp³-hybridized carbons (Fsp3) is 0.387. The van der Waals surface area contributed by atoms with Crippen molar-refractivity contribution in [2.45, 2.75) is 64.0 Å². The Bertz CT molecular complexity index is 1210. The molecule has 1 saturated heterocycles. The molecular formula is C31H40N2O4Si. The zero-order valence-electron chi connectivity index (χ0n) is 23.1. The minimum atomic E-state index is -2.90. The zero-order chi connectivity index (χ0) is 27.3. The minimum Gasteiger partial charge on any atom is -0.534 e. The molecule has 0 bridgehead atoms. The van der Waals surface area contributed by atoms with Gasteiger partial charge in [0.25, 0.3) is 0 Å². The Hall–Kier alpha value is -2.97. The van der Waals surface area contributed by atoms with Gasteiger partial charge in [0.1, 0.15) is 12.0 Å². The van der Waals surface area contributed by atoms with Gasteiger partial charge in [-0.2, -0.15) is 0 Å². The van der Waals surface area contributed by atoms with Gasteiger partial charge < -0.3 is 19.2 Å². The first-order chi connectivity index (χ1) is 18.2. The summed E-state index contributed by atoms with van der Waals surface area (Å²) in [6.07, 6.45) is 2.50. The molecule has 3 atom stereocenters. The number of carbonyl (C=O) groups excluding carboxylic acids is 1. The van der Waals surface area contributed by atoms with E-state index in [1.165, 1.54) is 0 Å². The number of epoxide rings is 1. The van der Waals surface area contributed by atoms with E-state index in [1.807, 2.05) is 56.6 Å². The second-order valence-electron chi connectivity index (χ2n) is 11.0. The van der Waals surface area contributed by atoms with Gasteiger partial charge in [0.2, 0.25) is 5.91 Å². The second-order valence-corrected chi connectivity index (χ2v) is 15.2. The maximum absolute atomic E-state index is 13.1. The number of hydrogen-bond donors (Lipinski definition) is 2. The fourth-order valence-corrected chi connectivity index (χ4v) is 9.57. The number of nitrogens with one attached hydrogen (secondary N) is 1. The van der Waals surface area contributed by atoms with Crippen molar-refractivity contribution in [3.63, 3.8) is 0 Å². The molecule has 1 amide bonds. The Balaban J connectivity index is 1.67. The first kappa shape index (κ1) is 28.0. The molecule has 7 heteroatoms. The lowest BCUT2D eigenvalue weighted by Crippen LogP contribution is -2.69. The first-order valence-corrected chi connectivity index (χ1v) is 15.2. The molecule has 4 rings (SSSR count). The standard InChI is InChI=1S/C31H40N2O4Si/c1-31(2,3)38(26-12-7-6-8-13-26,37-25-19-17-23(22-34)18-20-25)27-14-9-11-24(21-27)33(5)29(35)16-10-15-28-30(32-4)36-28/h6-9,11-14,17-21,28,30,32,34H,10,15-16,22H2,1-5H3. The van der Waals surface area contributed by atoms with Crippen LogP contribution < -0.4 is 25.0 Å². The number of carbonyl (C=O) groups is 1. The number of amides is 1. The number of aliphatic hydroxyl groups excluding tert-OH is 1. The van der Waals surface area contributed by atoms with E-state index in [0.29, 0.717) is 6.42 Å². The molecule has 3 aromatic carbocycles. The molecule has 1 aliphatic heterocycles. The Kier molecular flexibility index (Phi) is 8.73. The number of rotatable bonds is 11. The van der Waals surface area contributed by atoms with Crippen LogP contribution in [0.15, 0.2) is 78.9 Å². The van der Waals surface area contributed by atoms with Crippen LogP contribution in [0.5, 0.6) is 5.75 Å². The Morgan fingerprint density at radius 1 is 1.03 bits per heavy atom. The van der Waals surface area contributed by atoms with Gasteiger partial charge in [-0.15, -0.1) is 0 Å². The largest absolute Gasteiger partial charge is 0.534 e. The van der Waals surface area contributed by atoms with Crippen molar-refractivity contribution in [3.05, 3.63) is 84.4 Å². The van der Waals surface area contributed by atoms with E-state index in [9.17, 15) is 9.90 Å². The van der Waals surface area contributed by atoms with Crippen LogP contribution >= 0.6 is 0 Å². The van der Waals surface area contributed by atoms with E-state index in [2.05, 4.69) is 62.5 Å². The van der Waals surface area contributed by atoms with Gasteiger partial charge >= 0.3 is 8.32 Å². The topological polar surface area (TPSA) is 74.3 Å². The van der Waals surface area contributed by atoms with Crippen molar-refractivity contribution < 1.29 is 19.1 Å². The maximum Gasteiger partial charge on any atom is 0.320 e. The molecule has 1 aliphatic rings. The van der Waals surface area contributed by atoms with Crippen LogP contribution in [0, 0.1) is 0 Å². The van der Waals surface area contributed by atoms with Crippen LogP contribution in [0.2, 0.25) is 5.04 Å². The quantitative estimate of drug-likeness (QED) is 0.286. The van der Waals surface area contributed by atoms with Crippen molar-refractivity contribution >= 4 is 30.3 Å². The third-order valence-electron chi connectivity index (χ3n) is 7.37. The summed E-state index contributed by atoms with van der Waals surface area (Å²) in [6, 6.07) is 26.4. The van der Waals surface area contributed by atoms with Crippen LogP contribution in [-0.2, 0) is 16.1 Å². The number of ether oxygens (including phenoxy) is 1. The Morgan fingerprint density at radius 2 is 1.71 bits per heavy atom. The summed E-state index contributed by atoms with van der Waals surface area (Å²) >= 11 is 0. The molecule has 3 aromatic rings. The number of hydrogen-bond acceptors (Lipinski definition) is 5. The van der Waals surface area contributed by atoms with Gasteiger partial charge in [0, 0.05) is 19.2 Å². The number of benzene rings is 3. The van der Waals surface area contributed by atoms with E-state index < -0.39 is 8.32 Å². The monoisotopic (exact) mass is 532 g/mol. The van der Waals surface area contributed by atoms with Crippen LogP contribution in [0.4, 0.5) is 5.69 Å². The molecule has 0 radical (unpaired) electrons. The van der Waals surface area contributed by atoms with Crippen molar-refractivity contribution in [1.29, 1.82) is 0 Å². The summed E-state index contributed by atoms with van der Waals surface area (Å²) in [5.74, 6) is 0.858. The number of likely N-dealkylation sites (N-methyl/N-ethyl adjacent to an activating group) is 1. The lowest BCUT2D eigenvalue weighted by molar-refractivity contribution is -0.118. The molecule has 0 aromatic heterocycles. The summed E-state index contributed by atoms with van der Waals surface area (Å²) in [5, 5.41) is 14.7. The molecule has 38 heavy (non-hydrogen) atoms. The highest BCUT2D eigenvalue weighted by Crippen LogP contribution is 2.38. The van der Waals surface area contributed by atoms with E-state index in [1.54, 1.807) is 4.90 Å². The van der Waals surface area contributed by atoms with Crippen LogP contribution in [0.3, 0.4) is 0 Å². The second kappa shape index (κ2) is 11.8. The van der Waals surface area contributed by atoms with Gasteiger partial charge in [-0.1, -0.05) is 75.4 Å². The summed E-state index contributed by atoms with van der Waals surface area (Å²) in [5.41, 5.74) is 1.71. The van der Waals surface area contributed by atoms with Crippen molar-refractivity contribution in [2.24, 2.45) is 0 Å². The predicted molar refractivity (Wildman–Crippen MR) is 156 cm³/mol. The molecule has 6 nitrogen and oxygen atoms in total. The zero-order valence-corrected chi connectivity index (χ0v) is 24.1. The van der Waals surface area contributed by atoms with Crippen molar-refractivity contribution in [1.82, 2.24) is 5.32 Å². The van der Waals surface area contributed by atoms with E-state index in [0.717, 1.165) is 40.2 Å². The lowest BCUT2D eigenvalue weighted by atomic mass is 10.1. The lowest BCUT2D eigenvalue weighted by Gasteiger charge is -2.43. The van der Waals surface area contributed by atoms with Gasteiger partial charge in [-0.25, -0.2) is 0 Å². The van der Waals surface area contributed by atoms with E-state index in [4.69, 9.17) is 9.16 Å². The number of nitrogens with zero attached hydrogens (tertiary/aromatic N) is 1. The average molecular weight is 533 g/mol. The summed E-state index contributed by atoms with van der Waals surface area (Å²) in [6.45, 7) is 6.68. The molecule has 0 saturated carbocycles. The molecular weight excluding hydrogens is 492 g/mol. The maximum atomic E-state index is 13.1. The third kappa shape index (κ3) is 6.02. The molecule has 1 fully saturated rings. The molecule has 202 valence electrons. The van der Waals surface area contributed by atoms with Crippen LogP contribution in [0.25, 0.3) is 0 Å². The van der Waals surface area contributed by atoms with Crippen molar-refractivity contribution in [3.8, 4) is 5.75 Å². The van der Waals surface area contributed by atoms with Crippen LogP contribution in [-0.4, -0.2) is 45.8 Å². The SMILES string of the molecule is CNC1OC1CCCC(=O)N(C)c1cccc([Si](Oc2ccc(CO)cc2)(c2ccccc2)C(C)(C)C)c1. The Labute approximate surface area is 227 Å². The minimum absolute atomic E-state index is 0.00697. The van der Waals surface area contributed by atoms with Crippen molar-refractivity contribution in [2.75, 3.05) is 19.0 Å². The number of aliphatic hydroxyl groups is 1. The highest BCUT2D eigenvalue weighted by atomic mass is 28.4. The summed E-state index contributed by atoms with van der Waals surface area (Å²) < 4.78 is 12.6. The Morgan fingerprint density at radius 3 is 2.32 bits per heavy atom. The highest BCUT2D eigenvalue weighted by molar-refractivity contribution is 7.00. The summed E-state index contributed by atoms with van der Waals surface area (Å²) in [7, 11) is 0.842. The third-order valence-corrected chi connectivity index (χ3v) is 12.3. The number of anilines is 1. The smallest absolute Gasteiger partial charge is 0.320 e.